The number of rotatable bonds is 3. The van der Waals surface area contributed by atoms with Crippen LogP contribution in [0.2, 0.25) is 0 Å². The topological polar surface area (TPSA) is 3.24 Å². The Morgan fingerprint density at radius 3 is 2.69 bits per heavy atom. The Morgan fingerprint density at radius 1 is 1.25 bits per heavy atom. The van der Waals surface area contributed by atoms with E-state index >= 15 is 0 Å². The summed E-state index contributed by atoms with van der Waals surface area (Å²) >= 11 is 0. The van der Waals surface area contributed by atoms with E-state index in [1.807, 2.05) is 0 Å². The first kappa shape index (κ1) is 11.4. The molecule has 0 saturated carbocycles. The van der Waals surface area contributed by atoms with Crippen LogP contribution in [0.3, 0.4) is 0 Å². The predicted octanol–water partition coefficient (Wildman–Crippen LogP) is 3.13. The van der Waals surface area contributed by atoms with Gasteiger partial charge in [-0.15, -0.1) is 0 Å². The largest absolute Gasteiger partial charge is 0.299 e. The van der Waals surface area contributed by atoms with Crippen LogP contribution in [-0.2, 0) is 6.42 Å². The molecule has 1 atom stereocenters. The fraction of sp³-hybridized carbons (Fsp3) is 0.467. The van der Waals surface area contributed by atoms with E-state index in [0.717, 1.165) is 6.54 Å². The second kappa shape index (κ2) is 5.31. The minimum absolute atomic E-state index is 0.713. The minimum atomic E-state index is 0.713. The Bertz CT molecular complexity index is 353. The van der Waals surface area contributed by atoms with Crippen LogP contribution in [0.15, 0.2) is 42.0 Å². The molecule has 0 spiro atoms. The van der Waals surface area contributed by atoms with E-state index in [1.54, 1.807) is 0 Å². The van der Waals surface area contributed by atoms with E-state index in [4.69, 9.17) is 0 Å². The number of hydrogen-bond donors (Lipinski definition) is 0. The Labute approximate surface area is 98.8 Å². The third kappa shape index (κ3) is 3.21. The van der Waals surface area contributed by atoms with Crippen LogP contribution in [0.25, 0.3) is 0 Å². The van der Waals surface area contributed by atoms with E-state index in [2.05, 4.69) is 55.2 Å². The van der Waals surface area contributed by atoms with Crippen LogP contribution < -0.4 is 0 Å². The minimum Gasteiger partial charge on any atom is -0.299 e. The average molecular weight is 215 g/mol. The molecule has 0 fully saturated rings. The van der Waals surface area contributed by atoms with Crippen molar-refractivity contribution in [2.24, 2.45) is 5.92 Å². The van der Waals surface area contributed by atoms with E-state index in [-0.39, 0.29) is 0 Å². The summed E-state index contributed by atoms with van der Waals surface area (Å²) in [5.74, 6) is 0.713. The van der Waals surface area contributed by atoms with Crippen molar-refractivity contribution in [1.29, 1.82) is 0 Å². The first-order valence-electron chi connectivity index (χ1n) is 6.17. The standard InChI is InChI=1S/C15H21N/c1-13-10-14(2)12-16(11-13)9-8-15-6-4-3-5-7-15/h3-7,10,13H,8-9,11-12H2,1-2H3. The summed E-state index contributed by atoms with van der Waals surface area (Å²) in [7, 11) is 0. The third-order valence-corrected chi connectivity index (χ3v) is 3.15. The fourth-order valence-electron chi connectivity index (χ4n) is 2.52. The Balaban J connectivity index is 1.85. The van der Waals surface area contributed by atoms with E-state index < -0.39 is 0 Å². The fourth-order valence-corrected chi connectivity index (χ4v) is 2.52. The van der Waals surface area contributed by atoms with Gasteiger partial charge in [-0.25, -0.2) is 0 Å². The van der Waals surface area contributed by atoms with Gasteiger partial charge in [0.15, 0.2) is 0 Å². The lowest BCUT2D eigenvalue weighted by Gasteiger charge is -2.29. The summed E-state index contributed by atoms with van der Waals surface area (Å²) in [6, 6.07) is 10.8. The molecule has 1 aromatic carbocycles. The normalized spacial score (nSPS) is 21.9. The van der Waals surface area contributed by atoms with Gasteiger partial charge >= 0.3 is 0 Å². The summed E-state index contributed by atoms with van der Waals surface area (Å²) < 4.78 is 0. The molecule has 16 heavy (non-hydrogen) atoms. The summed E-state index contributed by atoms with van der Waals surface area (Å²) in [4.78, 5) is 2.56. The van der Waals surface area contributed by atoms with Gasteiger partial charge < -0.3 is 0 Å². The van der Waals surface area contributed by atoms with Crippen LogP contribution in [0.4, 0.5) is 0 Å². The molecular weight excluding hydrogens is 194 g/mol. The first-order valence-corrected chi connectivity index (χ1v) is 6.17. The van der Waals surface area contributed by atoms with Crippen molar-refractivity contribution in [1.82, 2.24) is 4.90 Å². The van der Waals surface area contributed by atoms with Crippen molar-refractivity contribution in [3.05, 3.63) is 47.5 Å². The van der Waals surface area contributed by atoms with Gasteiger partial charge in [-0.3, -0.25) is 4.90 Å². The molecule has 1 nitrogen and oxygen atoms in total. The van der Waals surface area contributed by atoms with Gasteiger partial charge in [-0.05, 0) is 24.8 Å². The molecule has 1 aliphatic rings. The van der Waals surface area contributed by atoms with Gasteiger partial charge in [0.25, 0.3) is 0 Å². The second-order valence-corrected chi connectivity index (χ2v) is 4.96. The molecule has 0 aromatic heterocycles. The summed E-state index contributed by atoms with van der Waals surface area (Å²) in [5, 5.41) is 0. The molecule has 0 bridgehead atoms. The zero-order valence-corrected chi connectivity index (χ0v) is 10.3. The van der Waals surface area contributed by atoms with Crippen molar-refractivity contribution in [2.75, 3.05) is 19.6 Å². The van der Waals surface area contributed by atoms with E-state index in [9.17, 15) is 0 Å². The summed E-state index contributed by atoms with van der Waals surface area (Å²) in [5.41, 5.74) is 2.97. The molecule has 1 heterocycles. The maximum Gasteiger partial charge on any atom is 0.0190 e. The lowest BCUT2D eigenvalue weighted by Crippen LogP contribution is -2.34. The molecule has 86 valence electrons. The predicted molar refractivity (Wildman–Crippen MR) is 69.5 cm³/mol. The van der Waals surface area contributed by atoms with Gasteiger partial charge in [0.2, 0.25) is 0 Å². The molecule has 2 rings (SSSR count). The van der Waals surface area contributed by atoms with E-state index in [1.165, 1.54) is 30.6 Å². The number of hydrogen-bond acceptors (Lipinski definition) is 1. The second-order valence-electron chi connectivity index (χ2n) is 4.96. The molecule has 0 N–H and O–H groups in total. The third-order valence-electron chi connectivity index (χ3n) is 3.15. The van der Waals surface area contributed by atoms with Crippen molar-refractivity contribution in [3.63, 3.8) is 0 Å². The molecule has 0 amide bonds. The molecule has 1 heteroatoms. The maximum absolute atomic E-state index is 2.56. The molecule has 0 radical (unpaired) electrons. The molecule has 1 unspecified atom stereocenters. The summed E-state index contributed by atoms with van der Waals surface area (Å²) in [6.07, 6.45) is 3.57. The smallest absolute Gasteiger partial charge is 0.0190 e. The van der Waals surface area contributed by atoms with Gasteiger partial charge in [0, 0.05) is 19.6 Å². The van der Waals surface area contributed by atoms with Crippen LogP contribution in [0, 0.1) is 5.92 Å². The van der Waals surface area contributed by atoms with Gasteiger partial charge in [-0.2, -0.15) is 0 Å². The molecular formula is C15H21N. The van der Waals surface area contributed by atoms with Crippen molar-refractivity contribution >= 4 is 0 Å². The monoisotopic (exact) mass is 215 g/mol. The first-order chi connectivity index (χ1) is 7.74. The lowest BCUT2D eigenvalue weighted by atomic mass is 10.0. The highest BCUT2D eigenvalue weighted by Crippen LogP contribution is 2.14. The zero-order chi connectivity index (χ0) is 11.4. The van der Waals surface area contributed by atoms with Crippen LogP contribution in [-0.4, -0.2) is 24.5 Å². The Hall–Kier alpha value is -1.08. The molecule has 1 aliphatic heterocycles. The van der Waals surface area contributed by atoms with Crippen molar-refractivity contribution in [3.8, 4) is 0 Å². The highest BCUT2D eigenvalue weighted by molar-refractivity contribution is 5.15. The lowest BCUT2D eigenvalue weighted by molar-refractivity contribution is 0.261. The SMILES string of the molecule is CC1=CC(C)CN(CCc2ccccc2)C1. The van der Waals surface area contributed by atoms with Crippen molar-refractivity contribution in [2.45, 2.75) is 20.3 Å². The van der Waals surface area contributed by atoms with Gasteiger partial charge in [0.05, 0.1) is 0 Å². The van der Waals surface area contributed by atoms with Gasteiger partial charge in [0.1, 0.15) is 0 Å². The highest BCUT2D eigenvalue weighted by atomic mass is 15.1. The van der Waals surface area contributed by atoms with Crippen LogP contribution in [0.1, 0.15) is 19.4 Å². The Kier molecular flexibility index (Phi) is 3.79. The van der Waals surface area contributed by atoms with E-state index in [0.29, 0.717) is 5.92 Å². The zero-order valence-electron chi connectivity index (χ0n) is 10.3. The van der Waals surface area contributed by atoms with Crippen molar-refractivity contribution < 1.29 is 0 Å². The summed E-state index contributed by atoms with van der Waals surface area (Å²) in [6.45, 7) is 8.09. The highest BCUT2D eigenvalue weighted by Gasteiger charge is 2.14. The molecule has 0 aliphatic carbocycles. The molecule has 1 aromatic rings. The van der Waals surface area contributed by atoms with Crippen LogP contribution >= 0.6 is 0 Å². The Morgan fingerprint density at radius 2 is 2.00 bits per heavy atom. The quantitative estimate of drug-likeness (QED) is 0.700. The maximum atomic E-state index is 2.56. The number of benzene rings is 1. The average Bonchev–Trinajstić information content (AvgIpc) is 2.27. The molecule has 0 saturated heterocycles. The number of nitrogens with zero attached hydrogens (tertiary/aromatic N) is 1. The van der Waals surface area contributed by atoms with Crippen LogP contribution in [0.5, 0.6) is 0 Å². The van der Waals surface area contributed by atoms with Gasteiger partial charge in [-0.1, -0.05) is 48.9 Å².